The van der Waals surface area contributed by atoms with Crippen LogP contribution in [0.4, 0.5) is 4.79 Å². The molecular formula is C11H20N2O3. The Bertz CT molecular complexity index is 256. The van der Waals surface area contributed by atoms with Crippen molar-refractivity contribution in [2.75, 3.05) is 19.6 Å². The standard InChI is InChI=1S/C11H20N2O3/c1-2-3-4-6-12-11(16)13-7-5-9(8-13)10(14)15/h9H,2-8H2,1H3,(H,12,16)(H,14,15). The van der Waals surface area contributed by atoms with Gasteiger partial charge in [-0.3, -0.25) is 4.79 Å². The number of carbonyl (C=O) groups is 2. The number of unbranched alkanes of at least 4 members (excludes halogenated alkanes) is 2. The molecule has 0 aliphatic carbocycles. The third kappa shape index (κ3) is 3.72. The monoisotopic (exact) mass is 228 g/mol. The molecule has 5 nitrogen and oxygen atoms in total. The topological polar surface area (TPSA) is 69.6 Å². The highest BCUT2D eigenvalue weighted by Gasteiger charge is 2.30. The first-order chi connectivity index (χ1) is 7.65. The van der Waals surface area contributed by atoms with Crippen molar-refractivity contribution >= 4 is 12.0 Å². The quantitative estimate of drug-likeness (QED) is 0.697. The van der Waals surface area contributed by atoms with Crippen molar-refractivity contribution in [2.45, 2.75) is 32.6 Å². The predicted octanol–water partition coefficient (Wildman–Crippen LogP) is 1.29. The minimum atomic E-state index is -0.804. The molecule has 0 aromatic heterocycles. The van der Waals surface area contributed by atoms with E-state index in [4.69, 9.17) is 5.11 Å². The lowest BCUT2D eigenvalue weighted by molar-refractivity contribution is -0.141. The van der Waals surface area contributed by atoms with E-state index in [0.717, 1.165) is 19.3 Å². The second-order valence-corrected chi connectivity index (χ2v) is 4.21. The molecule has 0 spiro atoms. The molecule has 0 bridgehead atoms. The van der Waals surface area contributed by atoms with Gasteiger partial charge in [-0.2, -0.15) is 0 Å². The van der Waals surface area contributed by atoms with Crippen LogP contribution in [-0.2, 0) is 4.79 Å². The first kappa shape index (κ1) is 12.8. The smallest absolute Gasteiger partial charge is 0.317 e. The molecule has 16 heavy (non-hydrogen) atoms. The van der Waals surface area contributed by atoms with Crippen molar-refractivity contribution in [1.29, 1.82) is 0 Å². The van der Waals surface area contributed by atoms with Crippen LogP contribution in [0.1, 0.15) is 32.6 Å². The van der Waals surface area contributed by atoms with Crippen LogP contribution in [0.3, 0.4) is 0 Å². The minimum absolute atomic E-state index is 0.125. The molecule has 1 aliphatic rings. The van der Waals surface area contributed by atoms with Crippen LogP contribution < -0.4 is 5.32 Å². The summed E-state index contributed by atoms with van der Waals surface area (Å²) < 4.78 is 0. The van der Waals surface area contributed by atoms with Crippen molar-refractivity contribution < 1.29 is 14.7 Å². The summed E-state index contributed by atoms with van der Waals surface area (Å²) in [6.45, 7) is 3.69. The second-order valence-electron chi connectivity index (χ2n) is 4.21. The predicted molar refractivity (Wildman–Crippen MR) is 60.2 cm³/mol. The molecule has 1 saturated heterocycles. The molecule has 1 heterocycles. The fourth-order valence-corrected chi connectivity index (χ4v) is 1.83. The molecule has 0 aromatic carbocycles. The zero-order valence-corrected chi connectivity index (χ0v) is 9.74. The number of rotatable bonds is 5. The maximum Gasteiger partial charge on any atom is 0.317 e. The lowest BCUT2D eigenvalue weighted by atomic mass is 10.1. The number of hydrogen-bond acceptors (Lipinski definition) is 2. The second kappa shape index (κ2) is 6.35. The molecule has 1 aliphatic heterocycles. The Hall–Kier alpha value is -1.26. The van der Waals surface area contributed by atoms with E-state index < -0.39 is 5.97 Å². The molecule has 92 valence electrons. The van der Waals surface area contributed by atoms with E-state index in [0.29, 0.717) is 26.1 Å². The van der Waals surface area contributed by atoms with E-state index >= 15 is 0 Å². The van der Waals surface area contributed by atoms with Gasteiger partial charge in [0.05, 0.1) is 5.92 Å². The van der Waals surface area contributed by atoms with Crippen molar-refractivity contribution in [3.8, 4) is 0 Å². The van der Waals surface area contributed by atoms with Gasteiger partial charge in [-0.05, 0) is 12.8 Å². The third-order valence-corrected chi connectivity index (χ3v) is 2.88. The van der Waals surface area contributed by atoms with E-state index in [1.165, 1.54) is 0 Å². The Kier molecular flexibility index (Phi) is 5.08. The lowest BCUT2D eigenvalue weighted by Gasteiger charge is -2.16. The summed E-state index contributed by atoms with van der Waals surface area (Å²) in [7, 11) is 0. The maximum absolute atomic E-state index is 11.6. The van der Waals surface area contributed by atoms with E-state index in [-0.39, 0.29) is 11.9 Å². The third-order valence-electron chi connectivity index (χ3n) is 2.88. The Morgan fingerprint density at radius 1 is 1.44 bits per heavy atom. The SMILES string of the molecule is CCCCCNC(=O)N1CCC(C(=O)O)C1. The molecule has 5 heteroatoms. The molecule has 1 fully saturated rings. The summed E-state index contributed by atoms with van der Waals surface area (Å²) in [6, 6.07) is -0.125. The van der Waals surface area contributed by atoms with Gasteiger partial charge in [-0.15, -0.1) is 0 Å². The van der Waals surface area contributed by atoms with Crippen LogP contribution in [0, 0.1) is 5.92 Å². The van der Waals surface area contributed by atoms with E-state index in [1.54, 1.807) is 4.90 Å². The summed E-state index contributed by atoms with van der Waals surface area (Å²) in [4.78, 5) is 23.9. The van der Waals surface area contributed by atoms with Crippen LogP contribution in [0.2, 0.25) is 0 Å². The first-order valence-electron chi connectivity index (χ1n) is 5.90. The van der Waals surface area contributed by atoms with E-state index in [1.807, 2.05) is 0 Å². The van der Waals surface area contributed by atoms with Crippen LogP contribution in [0.15, 0.2) is 0 Å². The van der Waals surface area contributed by atoms with Gasteiger partial charge in [-0.1, -0.05) is 19.8 Å². The van der Waals surface area contributed by atoms with Crippen LogP contribution in [-0.4, -0.2) is 41.6 Å². The lowest BCUT2D eigenvalue weighted by Crippen LogP contribution is -2.39. The van der Waals surface area contributed by atoms with E-state index in [2.05, 4.69) is 12.2 Å². The van der Waals surface area contributed by atoms with Gasteiger partial charge in [0.1, 0.15) is 0 Å². The highest BCUT2D eigenvalue weighted by Crippen LogP contribution is 2.15. The molecule has 1 atom stereocenters. The van der Waals surface area contributed by atoms with Crippen molar-refractivity contribution in [1.82, 2.24) is 10.2 Å². The molecule has 0 saturated carbocycles. The molecular weight excluding hydrogens is 208 g/mol. The summed E-state index contributed by atoms with van der Waals surface area (Å²) in [5.74, 6) is -1.19. The first-order valence-corrected chi connectivity index (χ1v) is 5.90. The van der Waals surface area contributed by atoms with Crippen LogP contribution in [0.25, 0.3) is 0 Å². The highest BCUT2D eigenvalue weighted by molar-refractivity contribution is 5.77. The number of amides is 2. The summed E-state index contributed by atoms with van der Waals surface area (Å²) in [5, 5.41) is 11.6. The molecule has 1 rings (SSSR count). The Balaban J connectivity index is 2.20. The number of nitrogens with zero attached hydrogens (tertiary/aromatic N) is 1. The van der Waals surface area contributed by atoms with Crippen LogP contribution >= 0.6 is 0 Å². The normalized spacial score (nSPS) is 19.8. The van der Waals surface area contributed by atoms with Gasteiger partial charge in [0, 0.05) is 19.6 Å². The van der Waals surface area contributed by atoms with Crippen molar-refractivity contribution in [3.05, 3.63) is 0 Å². The molecule has 0 aromatic rings. The Labute approximate surface area is 95.8 Å². The number of carboxylic acid groups (broad SMARTS) is 1. The molecule has 2 N–H and O–H groups in total. The Morgan fingerprint density at radius 2 is 2.19 bits per heavy atom. The number of hydrogen-bond donors (Lipinski definition) is 2. The molecule has 2 amide bonds. The zero-order chi connectivity index (χ0) is 12.0. The zero-order valence-electron chi connectivity index (χ0n) is 9.74. The van der Waals surface area contributed by atoms with Crippen molar-refractivity contribution in [3.63, 3.8) is 0 Å². The van der Waals surface area contributed by atoms with E-state index in [9.17, 15) is 9.59 Å². The number of carboxylic acids is 1. The average Bonchev–Trinajstić information content (AvgIpc) is 2.73. The maximum atomic E-state index is 11.6. The molecule has 0 radical (unpaired) electrons. The van der Waals surface area contributed by atoms with Crippen LogP contribution in [0.5, 0.6) is 0 Å². The fourth-order valence-electron chi connectivity index (χ4n) is 1.83. The minimum Gasteiger partial charge on any atom is -0.481 e. The van der Waals surface area contributed by atoms with Gasteiger partial charge in [0.15, 0.2) is 0 Å². The summed E-state index contributed by atoms with van der Waals surface area (Å²) in [6.07, 6.45) is 3.79. The number of carbonyl (C=O) groups excluding carboxylic acids is 1. The summed E-state index contributed by atoms with van der Waals surface area (Å²) in [5.41, 5.74) is 0. The number of likely N-dealkylation sites (tertiary alicyclic amines) is 1. The highest BCUT2D eigenvalue weighted by atomic mass is 16.4. The Morgan fingerprint density at radius 3 is 2.75 bits per heavy atom. The average molecular weight is 228 g/mol. The number of nitrogens with one attached hydrogen (secondary N) is 1. The van der Waals surface area contributed by atoms with Gasteiger partial charge < -0.3 is 15.3 Å². The van der Waals surface area contributed by atoms with Crippen molar-refractivity contribution in [2.24, 2.45) is 5.92 Å². The van der Waals surface area contributed by atoms with Gasteiger partial charge in [-0.25, -0.2) is 4.79 Å². The van der Waals surface area contributed by atoms with Gasteiger partial charge in [0.25, 0.3) is 0 Å². The number of aliphatic carboxylic acids is 1. The van der Waals surface area contributed by atoms with Gasteiger partial charge >= 0.3 is 12.0 Å². The largest absolute Gasteiger partial charge is 0.481 e. The summed E-state index contributed by atoms with van der Waals surface area (Å²) >= 11 is 0. The number of urea groups is 1. The van der Waals surface area contributed by atoms with Gasteiger partial charge in [0.2, 0.25) is 0 Å². The fraction of sp³-hybridized carbons (Fsp3) is 0.818. The molecule has 1 unspecified atom stereocenters.